The number of hydrogen-bond acceptors (Lipinski definition) is 5. The number of anilines is 1. The van der Waals surface area contributed by atoms with Gasteiger partial charge in [0.15, 0.2) is 0 Å². The Labute approximate surface area is 168 Å². The maximum absolute atomic E-state index is 13.1. The summed E-state index contributed by atoms with van der Waals surface area (Å²) in [5, 5.41) is 2.90. The Balaban J connectivity index is 2.26. The van der Waals surface area contributed by atoms with Gasteiger partial charge < -0.3 is 14.8 Å². The first-order valence-electron chi connectivity index (χ1n) is 8.64. The van der Waals surface area contributed by atoms with Crippen molar-refractivity contribution in [2.75, 3.05) is 39.7 Å². The molecule has 2 aromatic rings. The Morgan fingerprint density at radius 3 is 2.41 bits per heavy atom. The molecule has 6 nitrogen and oxygen atoms in total. The number of hydrogen-bond donors (Lipinski definition) is 1. The lowest BCUT2D eigenvalue weighted by atomic mass is 10.1. The number of sulfonamides is 1. The quantitative estimate of drug-likeness (QED) is 0.614. The van der Waals surface area contributed by atoms with Crippen molar-refractivity contribution in [1.29, 1.82) is 0 Å². The van der Waals surface area contributed by atoms with Crippen molar-refractivity contribution in [1.82, 2.24) is 4.31 Å². The van der Waals surface area contributed by atoms with Crippen molar-refractivity contribution in [3.05, 3.63) is 53.6 Å². The number of nitrogens with zero attached hydrogens (tertiary/aromatic N) is 1. The molecular weight excluding hydrogens is 409 g/mol. The minimum Gasteiger partial charge on any atom is -0.489 e. The molecule has 0 saturated carbocycles. The lowest BCUT2D eigenvalue weighted by molar-refractivity contribution is -0.137. The molecule has 2 rings (SSSR count). The molecule has 1 N–H and O–H groups in total. The minimum atomic E-state index is -4.50. The second-order valence-electron chi connectivity index (χ2n) is 6.34. The number of methoxy groups -OCH3 is 1. The van der Waals surface area contributed by atoms with Gasteiger partial charge in [-0.15, -0.1) is 0 Å². The number of benzene rings is 2. The summed E-state index contributed by atoms with van der Waals surface area (Å²) in [4.78, 5) is 0.0995. The third-order valence-corrected chi connectivity index (χ3v) is 5.82. The molecule has 0 heterocycles. The third kappa shape index (κ3) is 6.09. The Kier molecular flexibility index (Phi) is 7.50. The predicted octanol–water partition coefficient (Wildman–Crippen LogP) is 3.59. The summed E-state index contributed by atoms with van der Waals surface area (Å²) in [5.41, 5.74) is -0.0759. The summed E-state index contributed by atoms with van der Waals surface area (Å²) in [6.45, 7) is 0.566. The van der Waals surface area contributed by atoms with Gasteiger partial charge in [-0.3, -0.25) is 0 Å². The molecule has 0 atom stereocenters. The first-order chi connectivity index (χ1) is 13.6. The maximum Gasteiger partial charge on any atom is 0.416 e. The van der Waals surface area contributed by atoms with Crippen molar-refractivity contribution < 1.29 is 31.1 Å². The number of ether oxygens (including phenoxy) is 2. The smallest absolute Gasteiger partial charge is 0.416 e. The van der Waals surface area contributed by atoms with E-state index in [2.05, 4.69) is 5.32 Å². The molecule has 0 amide bonds. The minimum absolute atomic E-state index is 0.0995. The van der Waals surface area contributed by atoms with Gasteiger partial charge in [0.05, 0.1) is 22.8 Å². The molecule has 0 bridgehead atoms. The van der Waals surface area contributed by atoms with Crippen molar-refractivity contribution in [3.63, 3.8) is 0 Å². The Morgan fingerprint density at radius 1 is 1.07 bits per heavy atom. The van der Waals surface area contributed by atoms with E-state index in [0.29, 0.717) is 5.56 Å². The normalized spacial score (nSPS) is 12.2. The van der Waals surface area contributed by atoms with Gasteiger partial charge in [-0.1, -0.05) is 12.1 Å². The molecule has 0 aliphatic heterocycles. The number of rotatable bonds is 9. The highest BCUT2D eigenvalue weighted by Crippen LogP contribution is 2.35. The lowest BCUT2D eigenvalue weighted by Crippen LogP contribution is -2.22. The van der Waals surface area contributed by atoms with Crippen LogP contribution in [0.15, 0.2) is 47.4 Å². The van der Waals surface area contributed by atoms with Gasteiger partial charge >= 0.3 is 6.18 Å². The molecule has 0 aliphatic rings. The fraction of sp³-hybridized carbons (Fsp3) is 0.368. The van der Waals surface area contributed by atoms with Crippen LogP contribution in [0, 0.1) is 0 Å². The average Bonchev–Trinajstić information content (AvgIpc) is 2.66. The monoisotopic (exact) mass is 432 g/mol. The number of halogens is 3. The van der Waals surface area contributed by atoms with Gasteiger partial charge in [0.2, 0.25) is 10.0 Å². The van der Waals surface area contributed by atoms with Crippen LogP contribution in [0.3, 0.4) is 0 Å². The molecule has 0 aromatic heterocycles. The summed E-state index contributed by atoms with van der Waals surface area (Å²) < 4.78 is 75.2. The van der Waals surface area contributed by atoms with E-state index in [1.807, 2.05) is 0 Å². The molecule has 0 spiro atoms. The molecule has 10 heteroatoms. The van der Waals surface area contributed by atoms with Crippen LogP contribution in [0.4, 0.5) is 18.9 Å². The third-order valence-electron chi connectivity index (χ3n) is 4.01. The van der Waals surface area contributed by atoms with Crippen LogP contribution < -0.4 is 10.1 Å². The molecule has 0 aliphatic carbocycles. The van der Waals surface area contributed by atoms with E-state index in [4.69, 9.17) is 9.47 Å². The second kappa shape index (κ2) is 9.47. The first-order valence-corrected chi connectivity index (χ1v) is 10.1. The molecule has 2 aromatic carbocycles. The zero-order chi connectivity index (χ0) is 21.7. The summed E-state index contributed by atoms with van der Waals surface area (Å²) >= 11 is 0. The van der Waals surface area contributed by atoms with E-state index in [-0.39, 0.29) is 36.1 Å². The van der Waals surface area contributed by atoms with E-state index < -0.39 is 21.8 Å². The van der Waals surface area contributed by atoms with E-state index in [0.717, 1.165) is 16.4 Å². The number of nitrogens with one attached hydrogen (secondary N) is 1. The average molecular weight is 432 g/mol. The zero-order valence-corrected chi connectivity index (χ0v) is 17.1. The van der Waals surface area contributed by atoms with Crippen molar-refractivity contribution in [2.45, 2.75) is 17.6 Å². The van der Waals surface area contributed by atoms with E-state index in [1.165, 1.54) is 39.4 Å². The molecule has 0 fully saturated rings. The standard InChI is InChI=1S/C19H23F3N2O4S/c1-24(2)29(25,26)16-6-4-5-14(11-16)13-23-17-12-15(19(20,21)22)7-8-18(17)28-10-9-27-3/h4-8,11-12,23H,9-10,13H2,1-3H3. The van der Waals surface area contributed by atoms with Gasteiger partial charge in [-0.2, -0.15) is 13.2 Å². The molecular formula is C19H23F3N2O4S. The highest BCUT2D eigenvalue weighted by Gasteiger charge is 2.31. The zero-order valence-electron chi connectivity index (χ0n) is 16.3. The molecule has 0 unspecified atom stereocenters. The summed E-state index contributed by atoms with van der Waals surface area (Å²) in [5.74, 6) is 0.243. The van der Waals surface area contributed by atoms with Crippen LogP contribution in [0.5, 0.6) is 5.75 Å². The SMILES string of the molecule is COCCOc1ccc(C(F)(F)F)cc1NCc1cccc(S(=O)(=O)N(C)C)c1. The van der Waals surface area contributed by atoms with Gasteiger partial charge in [-0.05, 0) is 35.9 Å². The van der Waals surface area contributed by atoms with Crippen molar-refractivity contribution >= 4 is 15.7 Å². The van der Waals surface area contributed by atoms with Crippen LogP contribution in [0.25, 0.3) is 0 Å². The summed E-state index contributed by atoms with van der Waals surface area (Å²) in [6.07, 6.45) is -4.50. The molecule has 0 saturated heterocycles. The van der Waals surface area contributed by atoms with Crippen LogP contribution in [-0.2, 0) is 27.5 Å². The van der Waals surface area contributed by atoms with Gasteiger partial charge in [0.1, 0.15) is 12.4 Å². The molecule has 0 radical (unpaired) electrons. The van der Waals surface area contributed by atoms with Gasteiger partial charge in [-0.25, -0.2) is 12.7 Å². The Bertz CT molecular complexity index is 931. The van der Waals surface area contributed by atoms with Crippen LogP contribution in [-0.4, -0.2) is 47.1 Å². The van der Waals surface area contributed by atoms with Crippen LogP contribution >= 0.6 is 0 Å². The fourth-order valence-electron chi connectivity index (χ4n) is 2.43. The van der Waals surface area contributed by atoms with Gasteiger partial charge in [0, 0.05) is 27.7 Å². The predicted molar refractivity (Wildman–Crippen MR) is 103 cm³/mol. The largest absolute Gasteiger partial charge is 0.489 e. The Morgan fingerprint density at radius 2 is 1.79 bits per heavy atom. The van der Waals surface area contributed by atoms with Gasteiger partial charge in [0.25, 0.3) is 0 Å². The molecule has 29 heavy (non-hydrogen) atoms. The van der Waals surface area contributed by atoms with Crippen LogP contribution in [0.2, 0.25) is 0 Å². The van der Waals surface area contributed by atoms with Crippen molar-refractivity contribution in [3.8, 4) is 5.75 Å². The topological polar surface area (TPSA) is 67.9 Å². The summed E-state index contributed by atoms with van der Waals surface area (Å²) in [7, 11) is 0.723. The van der Waals surface area contributed by atoms with Crippen molar-refractivity contribution in [2.24, 2.45) is 0 Å². The van der Waals surface area contributed by atoms with Crippen LogP contribution in [0.1, 0.15) is 11.1 Å². The Hall–Kier alpha value is -2.30. The lowest BCUT2D eigenvalue weighted by Gasteiger charge is -2.16. The fourth-order valence-corrected chi connectivity index (χ4v) is 3.40. The first kappa shape index (κ1) is 23.0. The van der Waals surface area contributed by atoms with E-state index in [9.17, 15) is 21.6 Å². The highest BCUT2D eigenvalue weighted by molar-refractivity contribution is 7.89. The highest BCUT2D eigenvalue weighted by atomic mass is 32.2. The second-order valence-corrected chi connectivity index (χ2v) is 8.49. The number of alkyl halides is 3. The van der Waals surface area contributed by atoms with E-state index >= 15 is 0 Å². The van der Waals surface area contributed by atoms with E-state index in [1.54, 1.807) is 12.1 Å². The molecule has 160 valence electrons. The summed E-state index contributed by atoms with van der Waals surface area (Å²) in [6, 6.07) is 9.34. The maximum atomic E-state index is 13.1.